The quantitative estimate of drug-likeness (QED) is 0.684. The number of hydrogen-bond donors (Lipinski definition) is 0. The van der Waals surface area contributed by atoms with Crippen LogP contribution in [0.25, 0.3) is 10.1 Å². The minimum absolute atomic E-state index is 0.455. The second-order valence-corrected chi connectivity index (χ2v) is 9.20. The van der Waals surface area contributed by atoms with Crippen molar-refractivity contribution in [3.8, 4) is 0 Å². The first-order valence-electron chi connectivity index (χ1n) is 5.50. The van der Waals surface area contributed by atoms with E-state index >= 15 is 0 Å². The van der Waals surface area contributed by atoms with Crippen molar-refractivity contribution in [1.29, 1.82) is 0 Å². The van der Waals surface area contributed by atoms with Crippen molar-refractivity contribution < 1.29 is 0 Å². The normalized spacial score (nSPS) is 21.9. The van der Waals surface area contributed by atoms with Crippen LogP contribution in [0, 0.1) is 0 Å². The molecule has 0 saturated carbocycles. The molecule has 0 radical (unpaired) electrons. The summed E-state index contributed by atoms with van der Waals surface area (Å²) >= 11 is 1.92. The maximum atomic E-state index is 2.52. The Hall–Kier alpha value is -0.470. The van der Waals surface area contributed by atoms with Crippen LogP contribution in [0.5, 0.6) is 0 Å². The maximum absolute atomic E-state index is 2.52. The number of fused-ring (bicyclic) bond motifs is 1. The predicted molar refractivity (Wildman–Crippen MR) is 72.6 cm³/mol. The van der Waals surface area contributed by atoms with Gasteiger partial charge in [-0.1, -0.05) is 18.2 Å². The SMILES string of the molecule is CS1(c2csc3ccccc23)CCCC1. The lowest BCUT2D eigenvalue weighted by atomic mass is 10.3. The minimum Gasteiger partial charge on any atom is -0.216 e. The molecular weight excluding hydrogens is 220 g/mol. The fourth-order valence-corrected chi connectivity index (χ4v) is 7.49. The molecule has 1 aromatic heterocycles. The molecule has 1 aliphatic heterocycles. The molecule has 0 N–H and O–H groups in total. The van der Waals surface area contributed by atoms with E-state index in [1.54, 1.807) is 4.90 Å². The first kappa shape index (κ1) is 9.73. The first-order valence-corrected chi connectivity index (χ1v) is 8.75. The largest absolute Gasteiger partial charge is 0.216 e. The fraction of sp³-hybridized carbons (Fsp3) is 0.385. The molecule has 0 bridgehead atoms. The van der Waals surface area contributed by atoms with Crippen LogP contribution < -0.4 is 0 Å². The Balaban J connectivity index is 2.18. The van der Waals surface area contributed by atoms with Gasteiger partial charge in [-0.25, -0.2) is 10.0 Å². The van der Waals surface area contributed by atoms with Gasteiger partial charge in [0.1, 0.15) is 0 Å². The lowest BCUT2D eigenvalue weighted by molar-refractivity contribution is 0.949. The van der Waals surface area contributed by atoms with Crippen LogP contribution in [0.2, 0.25) is 0 Å². The highest BCUT2D eigenvalue weighted by molar-refractivity contribution is 8.33. The predicted octanol–water partition coefficient (Wildman–Crippen LogP) is 4.49. The van der Waals surface area contributed by atoms with Crippen LogP contribution in [0.15, 0.2) is 34.5 Å². The summed E-state index contributed by atoms with van der Waals surface area (Å²) in [7, 11) is -0.455. The molecule has 1 saturated heterocycles. The molecule has 0 amide bonds. The zero-order valence-electron chi connectivity index (χ0n) is 9.03. The standard InChI is InChI=1S/C13H16S2/c1-15(8-4-5-9-15)13-10-14-12-7-3-2-6-11(12)13/h2-3,6-7,10H,4-5,8-9H2,1H3. The zero-order chi connectivity index (χ0) is 10.3. The molecule has 80 valence electrons. The molecule has 1 fully saturated rings. The Bertz CT molecular complexity index is 478. The second kappa shape index (κ2) is 3.53. The Morgan fingerprint density at radius 1 is 1.13 bits per heavy atom. The summed E-state index contributed by atoms with van der Waals surface area (Å²) in [5.74, 6) is 2.90. The van der Waals surface area contributed by atoms with Gasteiger partial charge in [0.25, 0.3) is 0 Å². The summed E-state index contributed by atoms with van der Waals surface area (Å²) in [6.07, 6.45) is 5.40. The van der Waals surface area contributed by atoms with Gasteiger partial charge in [-0.3, -0.25) is 0 Å². The molecule has 0 atom stereocenters. The van der Waals surface area contributed by atoms with E-state index < -0.39 is 10.0 Å². The van der Waals surface area contributed by atoms with Crippen LogP contribution in [0.4, 0.5) is 0 Å². The van der Waals surface area contributed by atoms with Crippen LogP contribution in [-0.2, 0) is 0 Å². The fourth-order valence-electron chi connectivity index (χ4n) is 2.50. The number of benzene rings is 1. The Morgan fingerprint density at radius 2 is 1.87 bits per heavy atom. The monoisotopic (exact) mass is 236 g/mol. The van der Waals surface area contributed by atoms with Gasteiger partial charge in [0, 0.05) is 20.4 Å². The average Bonchev–Trinajstić information content (AvgIpc) is 2.84. The van der Waals surface area contributed by atoms with Crippen molar-refractivity contribution in [1.82, 2.24) is 0 Å². The van der Waals surface area contributed by atoms with Crippen molar-refractivity contribution in [3.05, 3.63) is 29.6 Å². The van der Waals surface area contributed by atoms with Gasteiger partial charge in [-0.15, -0.1) is 11.3 Å². The highest BCUT2D eigenvalue weighted by atomic mass is 32.3. The van der Waals surface area contributed by atoms with Gasteiger partial charge in [-0.2, -0.15) is 0 Å². The van der Waals surface area contributed by atoms with Gasteiger partial charge in [0.15, 0.2) is 0 Å². The number of hydrogen-bond acceptors (Lipinski definition) is 1. The molecule has 2 heteroatoms. The van der Waals surface area contributed by atoms with Crippen LogP contribution in [-0.4, -0.2) is 17.8 Å². The Labute approximate surface area is 96.6 Å². The summed E-state index contributed by atoms with van der Waals surface area (Å²) in [4.78, 5) is 1.68. The van der Waals surface area contributed by atoms with E-state index in [2.05, 4.69) is 35.9 Å². The smallest absolute Gasteiger partial charge is 0.0353 e. The average molecular weight is 236 g/mol. The molecular formula is C13H16S2. The third kappa shape index (κ3) is 1.51. The summed E-state index contributed by atoms with van der Waals surface area (Å²) in [6, 6.07) is 8.88. The second-order valence-electron chi connectivity index (χ2n) is 4.49. The third-order valence-corrected chi connectivity index (χ3v) is 8.31. The van der Waals surface area contributed by atoms with Crippen molar-refractivity contribution in [2.75, 3.05) is 17.8 Å². The Kier molecular flexibility index (Phi) is 2.29. The minimum atomic E-state index is -0.455. The van der Waals surface area contributed by atoms with E-state index in [0.29, 0.717) is 0 Å². The molecule has 3 rings (SSSR count). The molecule has 0 aliphatic carbocycles. The highest BCUT2D eigenvalue weighted by Crippen LogP contribution is 2.60. The molecule has 15 heavy (non-hydrogen) atoms. The molecule has 2 aromatic rings. The Morgan fingerprint density at radius 3 is 2.67 bits per heavy atom. The summed E-state index contributed by atoms with van der Waals surface area (Å²) in [5, 5.41) is 3.95. The van der Waals surface area contributed by atoms with Crippen molar-refractivity contribution in [2.45, 2.75) is 17.7 Å². The topological polar surface area (TPSA) is 0 Å². The van der Waals surface area contributed by atoms with Crippen molar-refractivity contribution in [3.63, 3.8) is 0 Å². The van der Waals surface area contributed by atoms with Gasteiger partial charge >= 0.3 is 0 Å². The van der Waals surface area contributed by atoms with Gasteiger partial charge in [0.2, 0.25) is 0 Å². The maximum Gasteiger partial charge on any atom is 0.0353 e. The molecule has 0 nitrogen and oxygen atoms in total. The molecule has 1 aliphatic rings. The van der Waals surface area contributed by atoms with E-state index in [0.717, 1.165) is 0 Å². The first-order chi connectivity index (χ1) is 7.30. The highest BCUT2D eigenvalue weighted by Gasteiger charge is 2.27. The van der Waals surface area contributed by atoms with Gasteiger partial charge < -0.3 is 0 Å². The van der Waals surface area contributed by atoms with E-state index in [1.807, 2.05) is 11.3 Å². The number of thiophene rings is 1. The summed E-state index contributed by atoms with van der Waals surface area (Å²) in [5.41, 5.74) is 0. The van der Waals surface area contributed by atoms with Crippen molar-refractivity contribution >= 4 is 31.5 Å². The van der Waals surface area contributed by atoms with Crippen LogP contribution in [0.1, 0.15) is 12.8 Å². The van der Waals surface area contributed by atoms with E-state index in [-0.39, 0.29) is 0 Å². The third-order valence-electron chi connectivity index (χ3n) is 3.42. The molecule has 2 heterocycles. The van der Waals surface area contributed by atoms with Crippen LogP contribution in [0.3, 0.4) is 0 Å². The summed E-state index contributed by atoms with van der Waals surface area (Å²) in [6.45, 7) is 0. The molecule has 1 aromatic carbocycles. The van der Waals surface area contributed by atoms with E-state index in [1.165, 1.54) is 34.4 Å². The molecule has 0 unspecified atom stereocenters. The molecule has 0 spiro atoms. The van der Waals surface area contributed by atoms with Crippen molar-refractivity contribution in [2.24, 2.45) is 0 Å². The number of rotatable bonds is 1. The van der Waals surface area contributed by atoms with Gasteiger partial charge in [0.05, 0.1) is 0 Å². The van der Waals surface area contributed by atoms with E-state index in [4.69, 9.17) is 0 Å². The van der Waals surface area contributed by atoms with E-state index in [9.17, 15) is 0 Å². The summed E-state index contributed by atoms with van der Waals surface area (Å²) < 4.78 is 1.47. The lowest BCUT2D eigenvalue weighted by Gasteiger charge is -2.30. The van der Waals surface area contributed by atoms with Crippen LogP contribution >= 0.6 is 21.4 Å². The van der Waals surface area contributed by atoms with Gasteiger partial charge in [-0.05, 0) is 36.7 Å². The zero-order valence-corrected chi connectivity index (χ0v) is 10.7. The lowest BCUT2D eigenvalue weighted by Crippen LogP contribution is -1.98.